The zero-order valence-electron chi connectivity index (χ0n) is 12.3. The molecule has 0 unspecified atom stereocenters. The standard InChI is InChI=1S/C14H19ClN4O2.ClH/c1-16-5-2-6-17-13(20)10-3-4-11(15)12(9-10)19-8-7-18-14(19)21;/h3-4,9,16H,2,5-8H2,1H3,(H,17,20)(H,18,21);1H. The van der Waals surface area contributed by atoms with E-state index in [1.807, 2.05) is 7.05 Å². The number of hydrogen-bond acceptors (Lipinski definition) is 3. The molecule has 122 valence electrons. The third-order valence-corrected chi connectivity index (χ3v) is 3.56. The van der Waals surface area contributed by atoms with Crippen molar-refractivity contribution in [1.29, 1.82) is 0 Å². The number of nitrogens with zero attached hydrogens (tertiary/aromatic N) is 1. The normalized spacial score (nSPS) is 13.5. The molecule has 1 aromatic rings. The van der Waals surface area contributed by atoms with Gasteiger partial charge in [-0.2, -0.15) is 0 Å². The van der Waals surface area contributed by atoms with E-state index in [-0.39, 0.29) is 24.3 Å². The molecular formula is C14H20Cl2N4O2. The molecule has 1 aromatic carbocycles. The first-order chi connectivity index (χ1) is 10.1. The van der Waals surface area contributed by atoms with Crippen molar-refractivity contribution in [2.45, 2.75) is 6.42 Å². The Bertz CT molecular complexity index is 540. The first-order valence-corrected chi connectivity index (χ1v) is 7.29. The van der Waals surface area contributed by atoms with Crippen LogP contribution in [0.25, 0.3) is 0 Å². The maximum Gasteiger partial charge on any atom is 0.322 e. The molecule has 1 fully saturated rings. The molecule has 1 saturated heterocycles. The molecule has 0 bridgehead atoms. The van der Waals surface area contributed by atoms with Crippen LogP contribution < -0.4 is 20.9 Å². The van der Waals surface area contributed by atoms with Gasteiger partial charge in [0.1, 0.15) is 0 Å². The summed E-state index contributed by atoms with van der Waals surface area (Å²) in [6, 6.07) is 4.77. The van der Waals surface area contributed by atoms with E-state index in [0.29, 0.717) is 35.9 Å². The predicted octanol–water partition coefficient (Wildman–Crippen LogP) is 1.63. The first-order valence-electron chi connectivity index (χ1n) is 6.91. The fraction of sp³-hybridized carbons (Fsp3) is 0.429. The van der Waals surface area contributed by atoms with Gasteiger partial charge in [-0.15, -0.1) is 12.4 Å². The van der Waals surface area contributed by atoms with Gasteiger partial charge in [0, 0.05) is 25.2 Å². The molecule has 3 N–H and O–H groups in total. The van der Waals surface area contributed by atoms with Crippen LogP contribution in [0.15, 0.2) is 18.2 Å². The molecule has 6 nitrogen and oxygen atoms in total. The Morgan fingerprint density at radius 2 is 2.18 bits per heavy atom. The van der Waals surface area contributed by atoms with Gasteiger partial charge in [-0.05, 0) is 38.2 Å². The number of rotatable bonds is 6. The van der Waals surface area contributed by atoms with Gasteiger partial charge < -0.3 is 16.0 Å². The Kier molecular flexibility index (Phi) is 7.44. The Labute approximate surface area is 141 Å². The maximum atomic E-state index is 12.1. The van der Waals surface area contributed by atoms with Crippen molar-refractivity contribution in [2.24, 2.45) is 0 Å². The third-order valence-electron chi connectivity index (χ3n) is 3.25. The van der Waals surface area contributed by atoms with E-state index in [2.05, 4.69) is 16.0 Å². The summed E-state index contributed by atoms with van der Waals surface area (Å²) in [5.41, 5.74) is 1.06. The molecular weight excluding hydrogens is 327 g/mol. The highest BCUT2D eigenvalue weighted by Crippen LogP contribution is 2.28. The highest BCUT2D eigenvalue weighted by Gasteiger charge is 2.24. The quantitative estimate of drug-likeness (QED) is 0.685. The third kappa shape index (κ3) is 4.50. The number of amides is 3. The number of hydrogen-bond donors (Lipinski definition) is 3. The lowest BCUT2D eigenvalue weighted by atomic mass is 10.1. The zero-order valence-corrected chi connectivity index (χ0v) is 13.9. The van der Waals surface area contributed by atoms with Crippen molar-refractivity contribution in [1.82, 2.24) is 16.0 Å². The number of carbonyl (C=O) groups excluding carboxylic acids is 2. The minimum atomic E-state index is -0.191. The van der Waals surface area contributed by atoms with Gasteiger partial charge in [-0.25, -0.2) is 4.79 Å². The van der Waals surface area contributed by atoms with Gasteiger partial charge in [0.2, 0.25) is 0 Å². The van der Waals surface area contributed by atoms with Gasteiger partial charge in [0.05, 0.1) is 10.7 Å². The van der Waals surface area contributed by atoms with Gasteiger partial charge >= 0.3 is 6.03 Å². The fourth-order valence-corrected chi connectivity index (χ4v) is 2.35. The van der Waals surface area contributed by atoms with E-state index >= 15 is 0 Å². The van der Waals surface area contributed by atoms with E-state index in [9.17, 15) is 9.59 Å². The summed E-state index contributed by atoms with van der Waals surface area (Å²) in [5, 5.41) is 9.03. The van der Waals surface area contributed by atoms with Gasteiger partial charge in [-0.3, -0.25) is 9.69 Å². The van der Waals surface area contributed by atoms with Crippen LogP contribution in [0.3, 0.4) is 0 Å². The summed E-state index contributed by atoms with van der Waals surface area (Å²) >= 11 is 6.13. The van der Waals surface area contributed by atoms with Gasteiger partial charge in [0.15, 0.2) is 0 Å². The molecule has 0 aromatic heterocycles. The molecule has 0 atom stereocenters. The first kappa shape index (κ1) is 18.5. The van der Waals surface area contributed by atoms with E-state index in [1.54, 1.807) is 23.1 Å². The Hall–Kier alpha value is -1.50. The second-order valence-electron chi connectivity index (χ2n) is 4.76. The summed E-state index contributed by atoms with van der Waals surface area (Å²) in [6.07, 6.45) is 0.858. The Balaban J connectivity index is 0.00000242. The molecule has 0 spiro atoms. The second-order valence-corrected chi connectivity index (χ2v) is 5.17. The Morgan fingerprint density at radius 3 is 2.82 bits per heavy atom. The number of nitrogens with one attached hydrogen (secondary N) is 3. The predicted molar refractivity (Wildman–Crippen MR) is 90.3 cm³/mol. The van der Waals surface area contributed by atoms with Crippen molar-refractivity contribution >= 4 is 41.6 Å². The van der Waals surface area contributed by atoms with Crippen LogP contribution in [0, 0.1) is 0 Å². The molecule has 22 heavy (non-hydrogen) atoms. The molecule has 0 radical (unpaired) electrons. The lowest BCUT2D eigenvalue weighted by molar-refractivity contribution is 0.0953. The topological polar surface area (TPSA) is 73.5 Å². The second kappa shape index (κ2) is 8.82. The fourth-order valence-electron chi connectivity index (χ4n) is 2.13. The van der Waals surface area contributed by atoms with E-state index in [1.165, 1.54) is 0 Å². The minimum Gasteiger partial charge on any atom is -0.352 e. The number of benzene rings is 1. The molecule has 3 amide bonds. The van der Waals surface area contributed by atoms with Crippen LogP contribution in [0.5, 0.6) is 0 Å². The molecule has 8 heteroatoms. The largest absolute Gasteiger partial charge is 0.352 e. The van der Waals surface area contributed by atoms with Crippen molar-refractivity contribution in [3.05, 3.63) is 28.8 Å². The van der Waals surface area contributed by atoms with Crippen molar-refractivity contribution in [3.63, 3.8) is 0 Å². The van der Waals surface area contributed by atoms with Crippen LogP contribution >= 0.6 is 24.0 Å². The summed E-state index contributed by atoms with van der Waals surface area (Å²) in [6.45, 7) is 2.57. The number of anilines is 1. The number of carbonyl (C=O) groups is 2. The molecule has 1 heterocycles. The molecule has 1 aliphatic rings. The van der Waals surface area contributed by atoms with Crippen LogP contribution in [-0.2, 0) is 0 Å². The van der Waals surface area contributed by atoms with E-state index in [0.717, 1.165) is 13.0 Å². The van der Waals surface area contributed by atoms with Gasteiger partial charge in [0.25, 0.3) is 5.91 Å². The lowest BCUT2D eigenvalue weighted by Crippen LogP contribution is -2.29. The van der Waals surface area contributed by atoms with Crippen LogP contribution in [0.4, 0.5) is 10.5 Å². The summed E-state index contributed by atoms with van der Waals surface area (Å²) in [5.74, 6) is -0.163. The van der Waals surface area contributed by atoms with Crippen LogP contribution in [0.2, 0.25) is 5.02 Å². The average Bonchev–Trinajstić information content (AvgIpc) is 2.90. The highest BCUT2D eigenvalue weighted by atomic mass is 35.5. The number of urea groups is 1. The van der Waals surface area contributed by atoms with Crippen molar-refractivity contribution in [3.8, 4) is 0 Å². The zero-order chi connectivity index (χ0) is 15.2. The molecule has 1 aliphatic heterocycles. The molecule has 2 rings (SSSR count). The molecule has 0 aliphatic carbocycles. The van der Waals surface area contributed by atoms with Gasteiger partial charge in [-0.1, -0.05) is 11.6 Å². The van der Waals surface area contributed by atoms with Crippen molar-refractivity contribution in [2.75, 3.05) is 38.1 Å². The SMILES string of the molecule is CNCCCNC(=O)c1ccc(Cl)c(N2CCNC2=O)c1.Cl. The highest BCUT2D eigenvalue weighted by molar-refractivity contribution is 6.34. The van der Waals surface area contributed by atoms with Crippen LogP contribution in [0.1, 0.15) is 16.8 Å². The van der Waals surface area contributed by atoms with Crippen molar-refractivity contribution < 1.29 is 9.59 Å². The maximum absolute atomic E-state index is 12.1. The van der Waals surface area contributed by atoms with E-state index in [4.69, 9.17) is 11.6 Å². The minimum absolute atomic E-state index is 0. The summed E-state index contributed by atoms with van der Waals surface area (Å²) in [7, 11) is 1.87. The van der Waals surface area contributed by atoms with Crippen LogP contribution in [-0.4, -0.2) is 45.2 Å². The Morgan fingerprint density at radius 1 is 1.41 bits per heavy atom. The smallest absolute Gasteiger partial charge is 0.322 e. The average molecular weight is 347 g/mol. The lowest BCUT2D eigenvalue weighted by Gasteiger charge is -2.17. The summed E-state index contributed by atoms with van der Waals surface area (Å²) < 4.78 is 0. The molecule has 0 saturated carbocycles. The summed E-state index contributed by atoms with van der Waals surface area (Å²) in [4.78, 5) is 25.3. The van der Waals surface area contributed by atoms with E-state index < -0.39 is 0 Å². The monoisotopic (exact) mass is 346 g/mol. The number of halogens is 2.